The normalized spacial score (nSPS) is 32.1. The fraction of sp³-hybridized carbons (Fsp3) is 0.846. The molecule has 1 saturated heterocycles. The largest absolute Gasteiger partial charge is 0.481 e. The molecule has 2 N–H and O–H groups in total. The molecule has 1 heterocycles. The number of carbonyl (C=O) groups excluding carboxylic acids is 1. The molecule has 0 aromatic heterocycles. The first-order valence-electron chi connectivity index (χ1n) is 6.79. The number of ether oxygens (including phenoxy) is 1. The summed E-state index contributed by atoms with van der Waals surface area (Å²) in [5.74, 6) is -0.892. The molecule has 2 fully saturated rings. The van der Waals surface area contributed by atoms with Crippen LogP contribution in [-0.4, -0.2) is 35.7 Å². The lowest BCUT2D eigenvalue weighted by Gasteiger charge is -2.27. The molecule has 18 heavy (non-hydrogen) atoms. The standard InChI is InChI=1S/C13H21NO4/c15-12(8-11-2-1-7-18-11)14-10-5-3-9(4-6-10)13(16)17/h9-11H,1-8H2,(H,14,15)(H,16,17). The lowest BCUT2D eigenvalue weighted by atomic mass is 9.86. The topological polar surface area (TPSA) is 75.6 Å². The van der Waals surface area contributed by atoms with Crippen molar-refractivity contribution in [3.8, 4) is 0 Å². The van der Waals surface area contributed by atoms with E-state index in [0.29, 0.717) is 19.3 Å². The van der Waals surface area contributed by atoms with Crippen LogP contribution in [0.2, 0.25) is 0 Å². The van der Waals surface area contributed by atoms with Gasteiger partial charge in [0.2, 0.25) is 5.91 Å². The van der Waals surface area contributed by atoms with Gasteiger partial charge in [0.15, 0.2) is 0 Å². The number of hydrogen-bond acceptors (Lipinski definition) is 3. The van der Waals surface area contributed by atoms with Crippen molar-refractivity contribution < 1.29 is 19.4 Å². The minimum Gasteiger partial charge on any atom is -0.481 e. The molecular formula is C13H21NO4. The summed E-state index contributed by atoms with van der Waals surface area (Å²) in [7, 11) is 0. The third-order valence-electron chi connectivity index (χ3n) is 3.88. The van der Waals surface area contributed by atoms with Gasteiger partial charge >= 0.3 is 5.97 Å². The molecule has 0 bridgehead atoms. The van der Waals surface area contributed by atoms with Crippen LogP contribution in [0.5, 0.6) is 0 Å². The van der Waals surface area contributed by atoms with Gasteiger partial charge < -0.3 is 15.2 Å². The van der Waals surface area contributed by atoms with Gasteiger partial charge in [-0.15, -0.1) is 0 Å². The summed E-state index contributed by atoms with van der Waals surface area (Å²) in [6.45, 7) is 0.766. The van der Waals surface area contributed by atoms with Crippen LogP contribution in [0.4, 0.5) is 0 Å². The van der Waals surface area contributed by atoms with Gasteiger partial charge in [0, 0.05) is 12.6 Å². The van der Waals surface area contributed by atoms with Crippen LogP contribution in [0.3, 0.4) is 0 Å². The molecule has 0 radical (unpaired) electrons. The maximum absolute atomic E-state index is 11.8. The van der Waals surface area contributed by atoms with Crippen LogP contribution in [0.25, 0.3) is 0 Å². The maximum atomic E-state index is 11.8. The third-order valence-corrected chi connectivity index (χ3v) is 3.88. The summed E-state index contributed by atoms with van der Waals surface area (Å²) in [5.41, 5.74) is 0. The molecule has 1 saturated carbocycles. The quantitative estimate of drug-likeness (QED) is 0.794. The zero-order valence-corrected chi connectivity index (χ0v) is 10.6. The average molecular weight is 255 g/mol. The third kappa shape index (κ3) is 3.70. The second-order valence-electron chi connectivity index (χ2n) is 5.29. The highest BCUT2D eigenvalue weighted by atomic mass is 16.5. The predicted molar refractivity (Wildman–Crippen MR) is 65.1 cm³/mol. The van der Waals surface area contributed by atoms with Crippen molar-refractivity contribution in [3.63, 3.8) is 0 Å². The zero-order valence-electron chi connectivity index (χ0n) is 10.6. The fourth-order valence-electron chi connectivity index (χ4n) is 2.78. The van der Waals surface area contributed by atoms with E-state index in [-0.39, 0.29) is 24.0 Å². The van der Waals surface area contributed by atoms with E-state index in [0.717, 1.165) is 32.3 Å². The minimum absolute atomic E-state index is 0.0423. The number of nitrogens with one attached hydrogen (secondary N) is 1. The number of carboxylic acid groups (broad SMARTS) is 1. The van der Waals surface area contributed by atoms with Gasteiger partial charge in [0.05, 0.1) is 18.4 Å². The fourth-order valence-corrected chi connectivity index (χ4v) is 2.78. The summed E-state index contributed by atoms with van der Waals surface area (Å²) in [6.07, 6.45) is 5.42. The summed E-state index contributed by atoms with van der Waals surface area (Å²) in [5, 5.41) is 11.9. The first-order valence-corrected chi connectivity index (χ1v) is 6.79. The van der Waals surface area contributed by atoms with Gasteiger partial charge in [-0.1, -0.05) is 0 Å². The number of carboxylic acids is 1. The maximum Gasteiger partial charge on any atom is 0.306 e. The van der Waals surface area contributed by atoms with Crippen molar-refractivity contribution >= 4 is 11.9 Å². The van der Waals surface area contributed by atoms with E-state index in [1.54, 1.807) is 0 Å². The molecule has 102 valence electrons. The van der Waals surface area contributed by atoms with Crippen LogP contribution in [0.15, 0.2) is 0 Å². The Morgan fingerprint density at radius 3 is 2.44 bits per heavy atom. The molecule has 5 heteroatoms. The molecule has 1 atom stereocenters. The SMILES string of the molecule is O=C(CC1CCCO1)NC1CCC(C(=O)O)CC1. The predicted octanol–water partition coefficient (Wildman–Crippen LogP) is 1.32. The Balaban J connectivity index is 1.67. The van der Waals surface area contributed by atoms with Crippen molar-refractivity contribution in [2.45, 2.75) is 57.1 Å². The van der Waals surface area contributed by atoms with E-state index in [4.69, 9.17) is 9.84 Å². The van der Waals surface area contributed by atoms with Gasteiger partial charge in [0.25, 0.3) is 0 Å². The Morgan fingerprint density at radius 2 is 1.89 bits per heavy atom. The molecule has 5 nitrogen and oxygen atoms in total. The summed E-state index contributed by atoms with van der Waals surface area (Å²) in [6, 6.07) is 0.148. The lowest BCUT2D eigenvalue weighted by Crippen LogP contribution is -2.39. The van der Waals surface area contributed by atoms with Crippen LogP contribution in [0, 0.1) is 5.92 Å². The second kappa shape index (κ2) is 6.18. The molecule has 1 unspecified atom stereocenters. The van der Waals surface area contributed by atoms with Crippen LogP contribution < -0.4 is 5.32 Å². The van der Waals surface area contributed by atoms with E-state index in [9.17, 15) is 9.59 Å². The number of hydrogen-bond donors (Lipinski definition) is 2. The van der Waals surface area contributed by atoms with Gasteiger partial charge in [-0.2, -0.15) is 0 Å². The first-order chi connectivity index (χ1) is 8.65. The van der Waals surface area contributed by atoms with Crippen LogP contribution >= 0.6 is 0 Å². The molecule has 1 aliphatic heterocycles. The average Bonchev–Trinajstić information content (AvgIpc) is 2.82. The Morgan fingerprint density at radius 1 is 1.17 bits per heavy atom. The smallest absolute Gasteiger partial charge is 0.306 e. The minimum atomic E-state index is -0.709. The number of aliphatic carboxylic acids is 1. The first kappa shape index (κ1) is 13.3. The zero-order chi connectivity index (χ0) is 13.0. The number of rotatable bonds is 4. The van der Waals surface area contributed by atoms with Gasteiger partial charge in [-0.25, -0.2) is 0 Å². The highest BCUT2D eigenvalue weighted by molar-refractivity contribution is 5.77. The Kier molecular flexibility index (Phi) is 4.58. The Labute approximate surface area is 107 Å². The highest BCUT2D eigenvalue weighted by Gasteiger charge is 2.27. The molecule has 1 amide bonds. The second-order valence-corrected chi connectivity index (χ2v) is 5.29. The van der Waals surface area contributed by atoms with Crippen molar-refractivity contribution in [3.05, 3.63) is 0 Å². The molecular weight excluding hydrogens is 234 g/mol. The monoisotopic (exact) mass is 255 g/mol. The van der Waals surface area contributed by atoms with E-state index in [1.165, 1.54) is 0 Å². The Hall–Kier alpha value is -1.10. The van der Waals surface area contributed by atoms with Crippen molar-refractivity contribution in [1.82, 2.24) is 5.32 Å². The molecule has 0 spiro atoms. The van der Waals surface area contributed by atoms with Crippen molar-refractivity contribution in [2.24, 2.45) is 5.92 Å². The van der Waals surface area contributed by atoms with E-state index >= 15 is 0 Å². The molecule has 2 rings (SSSR count). The molecule has 0 aromatic rings. The summed E-state index contributed by atoms with van der Waals surface area (Å²) >= 11 is 0. The molecule has 2 aliphatic rings. The van der Waals surface area contributed by atoms with Crippen molar-refractivity contribution in [1.29, 1.82) is 0 Å². The summed E-state index contributed by atoms with van der Waals surface area (Å²) < 4.78 is 5.42. The van der Waals surface area contributed by atoms with E-state index in [1.807, 2.05) is 0 Å². The molecule has 1 aliphatic carbocycles. The van der Waals surface area contributed by atoms with Crippen LogP contribution in [0.1, 0.15) is 44.9 Å². The van der Waals surface area contributed by atoms with Gasteiger partial charge in [0.1, 0.15) is 0 Å². The number of amides is 1. The summed E-state index contributed by atoms with van der Waals surface area (Å²) in [4.78, 5) is 22.6. The Bertz CT molecular complexity index is 304. The highest BCUT2D eigenvalue weighted by Crippen LogP contribution is 2.24. The lowest BCUT2D eigenvalue weighted by molar-refractivity contribution is -0.142. The van der Waals surface area contributed by atoms with Crippen LogP contribution in [-0.2, 0) is 14.3 Å². The van der Waals surface area contributed by atoms with E-state index < -0.39 is 5.97 Å². The number of carbonyl (C=O) groups is 2. The van der Waals surface area contributed by atoms with Gasteiger partial charge in [-0.3, -0.25) is 9.59 Å². The van der Waals surface area contributed by atoms with E-state index in [2.05, 4.69) is 5.32 Å². The van der Waals surface area contributed by atoms with Crippen molar-refractivity contribution in [2.75, 3.05) is 6.61 Å². The molecule has 0 aromatic carbocycles. The van der Waals surface area contributed by atoms with Gasteiger partial charge in [-0.05, 0) is 38.5 Å².